The summed E-state index contributed by atoms with van der Waals surface area (Å²) in [5.41, 5.74) is 6.36. The maximum atomic E-state index is 11.2. The fourth-order valence-corrected chi connectivity index (χ4v) is 1.92. The Bertz CT molecular complexity index is 420. The van der Waals surface area contributed by atoms with E-state index in [2.05, 4.69) is 5.32 Å². The fraction of sp³-hybridized carbons (Fsp3) is 0.429. The zero-order valence-corrected chi connectivity index (χ0v) is 11.0. The molecule has 1 amide bonds. The monoisotopic (exact) mass is 264 g/mol. The summed E-state index contributed by atoms with van der Waals surface area (Å²) in [6.45, 7) is 1.99. The summed E-state index contributed by atoms with van der Waals surface area (Å²) in [6.07, 6.45) is 1.24. The molecule has 0 spiro atoms. The molecule has 0 heterocycles. The quantitative estimate of drug-likeness (QED) is 0.651. The molecular formula is C14H20N2O3. The highest BCUT2D eigenvalue weighted by Gasteiger charge is 2.21. The maximum absolute atomic E-state index is 11.2. The molecule has 0 saturated heterocycles. The second-order valence-corrected chi connectivity index (χ2v) is 4.51. The zero-order valence-electron chi connectivity index (χ0n) is 11.0. The smallest absolute Gasteiger partial charge is 0.305 e. The van der Waals surface area contributed by atoms with Gasteiger partial charge in [-0.15, -0.1) is 0 Å². The van der Waals surface area contributed by atoms with Crippen molar-refractivity contribution in [2.75, 3.05) is 0 Å². The minimum Gasteiger partial charge on any atom is -0.481 e. The molecular weight excluding hydrogens is 244 g/mol. The Morgan fingerprint density at radius 2 is 1.95 bits per heavy atom. The van der Waals surface area contributed by atoms with E-state index >= 15 is 0 Å². The SMILES string of the molecule is CCC(Cc1ccccc1)NC(CC(=O)O)C(N)=O. The molecule has 2 unspecified atom stereocenters. The van der Waals surface area contributed by atoms with Crippen LogP contribution in [0.3, 0.4) is 0 Å². The number of carboxylic acids is 1. The highest BCUT2D eigenvalue weighted by molar-refractivity contribution is 5.84. The van der Waals surface area contributed by atoms with E-state index in [9.17, 15) is 9.59 Å². The summed E-state index contributed by atoms with van der Waals surface area (Å²) in [7, 11) is 0. The minimum atomic E-state index is -1.04. The van der Waals surface area contributed by atoms with Gasteiger partial charge in [-0.3, -0.25) is 9.59 Å². The lowest BCUT2D eigenvalue weighted by Crippen LogP contribution is -2.48. The standard InChI is InChI=1S/C14H20N2O3/c1-2-11(8-10-6-4-3-5-7-10)16-12(14(15)19)9-13(17)18/h3-7,11-12,16H,2,8-9H2,1H3,(H2,15,19)(H,17,18). The molecule has 2 atom stereocenters. The number of nitrogens with one attached hydrogen (secondary N) is 1. The van der Waals surface area contributed by atoms with Gasteiger partial charge in [-0.25, -0.2) is 0 Å². The van der Waals surface area contributed by atoms with E-state index in [1.165, 1.54) is 0 Å². The number of carbonyl (C=O) groups is 2. The van der Waals surface area contributed by atoms with Gasteiger partial charge in [0, 0.05) is 6.04 Å². The van der Waals surface area contributed by atoms with Gasteiger partial charge in [0.25, 0.3) is 0 Å². The largest absolute Gasteiger partial charge is 0.481 e. The van der Waals surface area contributed by atoms with Crippen molar-refractivity contribution in [3.05, 3.63) is 35.9 Å². The van der Waals surface area contributed by atoms with E-state index in [-0.39, 0.29) is 12.5 Å². The predicted molar refractivity (Wildman–Crippen MR) is 72.6 cm³/mol. The first-order valence-corrected chi connectivity index (χ1v) is 6.34. The fourth-order valence-electron chi connectivity index (χ4n) is 1.92. The molecule has 0 aromatic heterocycles. The number of amides is 1. The molecule has 1 aromatic rings. The van der Waals surface area contributed by atoms with Crippen molar-refractivity contribution in [1.29, 1.82) is 0 Å². The maximum Gasteiger partial charge on any atom is 0.305 e. The van der Waals surface area contributed by atoms with Crippen LogP contribution in [0.15, 0.2) is 30.3 Å². The van der Waals surface area contributed by atoms with Gasteiger partial charge in [0.1, 0.15) is 0 Å². The number of nitrogens with two attached hydrogens (primary N) is 1. The summed E-state index contributed by atoms with van der Waals surface area (Å²) < 4.78 is 0. The van der Waals surface area contributed by atoms with Crippen LogP contribution >= 0.6 is 0 Å². The molecule has 5 heteroatoms. The number of benzene rings is 1. The third-order valence-electron chi connectivity index (χ3n) is 2.98. The van der Waals surface area contributed by atoms with Crippen LogP contribution in [0.1, 0.15) is 25.3 Å². The van der Waals surface area contributed by atoms with Crippen LogP contribution < -0.4 is 11.1 Å². The Hall–Kier alpha value is -1.88. The molecule has 1 rings (SSSR count). The molecule has 0 bridgehead atoms. The van der Waals surface area contributed by atoms with E-state index in [0.717, 1.165) is 18.4 Å². The molecule has 4 N–H and O–H groups in total. The highest BCUT2D eigenvalue weighted by Crippen LogP contribution is 2.07. The van der Waals surface area contributed by atoms with Crippen molar-refractivity contribution >= 4 is 11.9 Å². The van der Waals surface area contributed by atoms with Crippen molar-refractivity contribution in [3.63, 3.8) is 0 Å². The van der Waals surface area contributed by atoms with Crippen LogP contribution in [-0.2, 0) is 16.0 Å². The summed E-state index contributed by atoms with van der Waals surface area (Å²) in [6, 6.07) is 9.04. The van der Waals surface area contributed by atoms with Crippen molar-refractivity contribution in [3.8, 4) is 0 Å². The number of hydrogen-bond donors (Lipinski definition) is 3. The second kappa shape index (κ2) is 7.53. The van der Waals surface area contributed by atoms with E-state index in [0.29, 0.717) is 0 Å². The lowest BCUT2D eigenvalue weighted by atomic mass is 10.0. The number of carboxylic acid groups (broad SMARTS) is 1. The Balaban J connectivity index is 2.63. The summed E-state index contributed by atoms with van der Waals surface area (Å²) >= 11 is 0. The number of hydrogen-bond acceptors (Lipinski definition) is 3. The molecule has 5 nitrogen and oxygen atoms in total. The molecule has 0 aliphatic carbocycles. The lowest BCUT2D eigenvalue weighted by molar-refractivity contribution is -0.139. The summed E-state index contributed by atoms with van der Waals surface area (Å²) in [5, 5.41) is 11.8. The number of rotatable bonds is 8. The second-order valence-electron chi connectivity index (χ2n) is 4.51. The van der Waals surface area contributed by atoms with Gasteiger partial charge in [0.15, 0.2) is 0 Å². The molecule has 0 aliphatic rings. The van der Waals surface area contributed by atoms with Gasteiger partial charge >= 0.3 is 5.97 Å². The highest BCUT2D eigenvalue weighted by atomic mass is 16.4. The Kier molecular flexibility index (Phi) is 6.02. The average Bonchev–Trinajstić information content (AvgIpc) is 2.37. The minimum absolute atomic E-state index is 0.0271. The van der Waals surface area contributed by atoms with E-state index in [1.807, 2.05) is 37.3 Å². The Morgan fingerprint density at radius 3 is 2.42 bits per heavy atom. The van der Waals surface area contributed by atoms with Crippen molar-refractivity contribution in [1.82, 2.24) is 5.32 Å². The van der Waals surface area contributed by atoms with E-state index < -0.39 is 17.9 Å². The van der Waals surface area contributed by atoms with Crippen molar-refractivity contribution in [2.45, 2.75) is 38.3 Å². The third kappa shape index (κ3) is 5.52. The number of primary amides is 1. The zero-order chi connectivity index (χ0) is 14.3. The first-order chi connectivity index (χ1) is 9.02. The van der Waals surface area contributed by atoms with Crippen LogP contribution in [0.2, 0.25) is 0 Å². The van der Waals surface area contributed by atoms with Gasteiger partial charge in [-0.2, -0.15) is 0 Å². The summed E-state index contributed by atoms with van der Waals surface area (Å²) in [4.78, 5) is 21.9. The van der Waals surface area contributed by atoms with E-state index in [1.54, 1.807) is 0 Å². The molecule has 0 fully saturated rings. The Morgan fingerprint density at radius 1 is 1.32 bits per heavy atom. The summed E-state index contributed by atoms with van der Waals surface area (Å²) in [5.74, 6) is -1.67. The Labute approximate surface area is 112 Å². The van der Waals surface area contributed by atoms with Crippen LogP contribution in [0.25, 0.3) is 0 Å². The number of carbonyl (C=O) groups excluding carboxylic acids is 1. The van der Waals surface area contributed by atoms with E-state index in [4.69, 9.17) is 10.8 Å². The van der Waals surface area contributed by atoms with Crippen LogP contribution in [0, 0.1) is 0 Å². The van der Waals surface area contributed by atoms with Gasteiger partial charge in [0.2, 0.25) is 5.91 Å². The molecule has 104 valence electrons. The lowest BCUT2D eigenvalue weighted by Gasteiger charge is -2.22. The van der Waals surface area contributed by atoms with Crippen molar-refractivity contribution < 1.29 is 14.7 Å². The molecule has 0 radical (unpaired) electrons. The van der Waals surface area contributed by atoms with Crippen molar-refractivity contribution in [2.24, 2.45) is 5.73 Å². The third-order valence-corrected chi connectivity index (χ3v) is 2.98. The number of aliphatic carboxylic acids is 1. The molecule has 19 heavy (non-hydrogen) atoms. The van der Waals surface area contributed by atoms with Gasteiger partial charge < -0.3 is 16.2 Å². The van der Waals surface area contributed by atoms with Crippen LogP contribution in [-0.4, -0.2) is 29.1 Å². The first kappa shape index (κ1) is 15.2. The van der Waals surface area contributed by atoms with Crippen LogP contribution in [0.4, 0.5) is 0 Å². The molecule has 0 aliphatic heterocycles. The predicted octanol–water partition coefficient (Wildman–Crippen LogP) is 0.926. The molecule has 0 saturated carbocycles. The van der Waals surface area contributed by atoms with Crippen LogP contribution in [0.5, 0.6) is 0 Å². The van der Waals surface area contributed by atoms with Gasteiger partial charge in [-0.05, 0) is 18.4 Å². The normalized spacial score (nSPS) is 13.7. The topological polar surface area (TPSA) is 92.4 Å². The first-order valence-electron chi connectivity index (χ1n) is 6.34. The van der Waals surface area contributed by atoms with Gasteiger partial charge in [-0.1, -0.05) is 37.3 Å². The van der Waals surface area contributed by atoms with Gasteiger partial charge in [0.05, 0.1) is 12.5 Å². The molecule has 1 aromatic carbocycles. The average molecular weight is 264 g/mol.